The second-order valence-electron chi connectivity index (χ2n) is 11.6. The normalized spacial score (nSPS) is 13.9. The third kappa shape index (κ3) is 10.5. The molecule has 0 fully saturated rings. The van der Waals surface area contributed by atoms with Gasteiger partial charge in [-0.25, -0.2) is 9.59 Å². The Balaban J connectivity index is 1.48. The van der Waals surface area contributed by atoms with Crippen LogP contribution in [0, 0.1) is 0 Å². The van der Waals surface area contributed by atoms with Crippen LogP contribution in [0.2, 0.25) is 0 Å². The van der Waals surface area contributed by atoms with Crippen molar-refractivity contribution in [1.82, 2.24) is 25.3 Å². The number of rotatable bonds is 20. The molecule has 1 aliphatic carbocycles. The number of ether oxygens (including phenoxy) is 1. The van der Waals surface area contributed by atoms with E-state index in [1.165, 1.54) is 0 Å². The van der Waals surface area contributed by atoms with E-state index in [1.807, 2.05) is 48.5 Å². The van der Waals surface area contributed by atoms with Gasteiger partial charge in [-0.15, -0.1) is 0 Å². The van der Waals surface area contributed by atoms with Gasteiger partial charge >= 0.3 is 12.1 Å². The van der Waals surface area contributed by atoms with Crippen LogP contribution in [-0.2, 0) is 14.3 Å². The highest BCUT2D eigenvalue weighted by Gasteiger charge is 2.30. The van der Waals surface area contributed by atoms with Crippen molar-refractivity contribution in [3.8, 4) is 11.1 Å². The topological polar surface area (TPSA) is 114 Å². The molecule has 0 aromatic heterocycles. The molecule has 45 heavy (non-hydrogen) atoms. The third-order valence-electron chi connectivity index (χ3n) is 9.05. The Morgan fingerprint density at radius 1 is 0.822 bits per heavy atom. The first-order valence-corrected chi connectivity index (χ1v) is 16.5. The van der Waals surface area contributed by atoms with Crippen LogP contribution in [0.15, 0.2) is 48.5 Å². The monoisotopic (exact) mass is 623 g/mol. The second-order valence-corrected chi connectivity index (χ2v) is 11.6. The minimum Gasteiger partial charge on any atom is -0.480 e. The Morgan fingerprint density at radius 2 is 1.33 bits per heavy atom. The Bertz CT molecular complexity index is 1170. The number of carboxylic acids is 1. The smallest absolute Gasteiger partial charge is 0.407 e. The maximum absolute atomic E-state index is 12.8. The number of likely N-dealkylation sites (N-methyl/N-ethyl adjacent to an activating group) is 2. The molecule has 10 heteroatoms. The van der Waals surface area contributed by atoms with E-state index in [-0.39, 0.29) is 37.4 Å². The Hall–Kier alpha value is -3.47. The van der Waals surface area contributed by atoms with E-state index in [2.05, 4.69) is 60.0 Å². The number of amides is 2. The van der Waals surface area contributed by atoms with Crippen LogP contribution in [0.3, 0.4) is 0 Å². The van der Waals surface area contributed by atoms with Crippen molar-refractivity contribution in [3.05, 3.63) is 59.7 Å². The summed E-state index contributed by atoms with van der Waals surface area (Å²) in [7, 11) is 0. The maximum atomic E-state index is 12.8. The highest BCUT2D eigenvalue weighted by molar-refractivity contribution is 5.82. The molecule has 0 saturated carbocycles. The summed E-state index contributed by atoms with van der Waals surface area (Å²) in [6.45, 7) is 18.5. The first kappa shape index (κ1) is 36.0. The standard InChI is InChI=1S/C35H53N5O5/c1-6-38(7-2)20-22-40(23-21-39(8-3)9-4)26(5)18-19-33(41)36-24-32(34(42)43)37-35(44)45-25-31-29-16-12-10-14-27(29)28-15-11-13-17-30(28)31/h10-17,26,31-32H,6-9,18-25H2,1-5H3,(H,36,41)(H,37,44)(H,42,43)/t26?,32-/m0/s1. The van der Waals surface area contributed by atoms with Crippen molar-refractivity contribution in [2.75, 3.05) is 65.5 Å². The van der Waals surface area contributed by atoms with E-state index in [9.17, 15) is 19.5 Å². The predicted molar refractivity (Wildman–Crippen MR) is 178 cm³/mol. The van der Waals surface area contributed by atoms with Crippen LogP contribution in [0.25, 0.3) is 11.1 Å². The number of carboxylic acid groups (broad SMARTS) is 1. The summed E-state index contributed by atoms with van der Waals surface area (Å²) in [4.78, 5) is 44.6. The summed E-state index contributed by atoms with van der Waals surface area (Å²) in [5, 5.41) is 14.8. The van der Waals surface area contributed by atoms with Crippen molar-refractivity contribution in [2.45, 2.75) is 65.5 Å². The molecule has 0 spiro atoms. The van der Waals surface area contributed by atoms with Crippen molar-refractivity contribution in [1.29, 1.82) is 0 Å². The Kier molecular flexibility index (Phi) is 14.8. The van der Waals surface area contributed by atoms with Crippen LogP contribution in [0.4, 0.5) is 4.79 Å². The fourth-order valence-electron chi connectivity index (χ4n) is 5.98. The zero-order valence-electron chi connectivity index (χ0n) is 27.8. The number of carbonyl (C=O) groups is 3. The number of benzene rings is 2. The lowest BCUT2D eigenvalue weighted by molar-refractivity contribution is -0.139. The van der Waals surface area contributed by atoms with Crippen molar-refractivity contribution in [3.63, 3.8) is 0 Å². The van der Waals surface area contributed by atoms with Gasteiger partial charge < -0.3 is 30.3 Å². The van der Waals surface area contributed by atoms with Crippen LogP contribution in [0.1, 0.15) is 64.5 Å². The molecule has 3 N–H and O–H groups in total. The number of hydrogen-bond donors (Lipinski definition) is 3. The lowest BCUT2D eigenvalue weighted by Crippen LogP contribution is -2.49. The predicted octanol–water partition coefficient (Wildman–Crippen LogP) is 4.25. The van der Waals surface area contributed by atoms with Gasteiger partial charge in [0.15, 0.2) is 0 Å². The van der Waals surface area contributed by atoms with E-state index in [4.69, 9.17) is 4.74 Å². The molecule has 10 nitrogen and oxygen atoms in total. The molecule has 2 atom stereocenters. The number of fused-ring (bicyclic) bond motifs is 3. The van der Waals surface area contributed by atoms with E-state index in [0.29, 0.717) is 6.42 Å². The zero-order valence-corrected chi connectivity index (χ0v) is 27.8. The van der Waals surface area contributed by atoms with E-state index < -0.39 is 18.1 Å². The molecular formula is C35H53N5O5. The van der Waals surface area contributed by atoms with E-state index in [1.54, 1.807) is 0 Å². The molecular weight excluding hydrogens is 570 g/mol. The van der Waals surface area contributed by atoms with Crippen LogP contribution < -0.4 is 10.6 Å². The summed E-state index contributed by atoms with van der Waals surface area (Å²) in [5.74, 6) is -1.61. The molecule has 3 rings (SSSR count). The maximum Gasteiger partial charge on any atom is 0.407 e. The van der Waals surface area contributed by atoms with Crippen LogP contribution >= 0.6 is 0 Å². The molecule has 1 unspecified atom stereocenters. The van der Waals surface area contributed by atoms with Crippen molar-refractivity contribution >= 4 is 18.0 Å². The largest absolute Gasteiger partial charge is 0.480 e. The summed E-state index contributed by atoms with van der Waals surface area (Å²) in [5.41, 5.74) is 4.36. The SMILES string of the molecule is CCN(CC)CCN(CCN(CC)CC)C(C)CCC(=O)NC[C@H](NC(=O)OCC1c2ccccc2-c2ccccc21)C(=O)O. The minimum atomic E-state index is -1.30. The number of hydrogen-bond acceptors (Lipinski definition) is 7. The molecule has 0 aliphatic heterocycles. The summed E-state index contributed by atoms with van der Waals surface area (Å²) in [6, 6.07) is 14.9. The quantitative estimate of drug-likeness (QED) is 0.201. The average molecular weight is 624 g/mol. The minimum absolute atomic E-state index is 0.0789. The van der Waals surface area contributed by atoms with Gasteiger partial charge in [0.1, 0.15) is 12.6 Å². The Labute approximate surface area is 269 Å². The number of nitrogens with one attached hydrogen (secondary N) is 2. The molecule has 248 valence electrons. The van der Waals surface area contributed by atoms with Gasteiger partial charge in [0.2, 0.25) is 5.91 Å². The van der Waals surface area contributed by atoms with E-state index >= 15 is 0 Å². The fraction of sp³-hybridized carbons (Fsp3) is 0.571. The molecule has 2 aromatic rings. The summed E-state index contributed by atoms with van der Waals surface area (Å²) < 4.78 is 5.51. The van der Waals surface area contributed by atoms with Crippen LogP contribution in [-0.4, -0.2) is 115 Å². The van der Waals surface area contributed by atoms with Crippen molar-refractivity contribution < 1.29 is 24.2 Å². The number of nitrogens with zero attached hydrogens (tertiary/aromatic N) is 3. The molecule has 2 aromatic carbocycles. The summed E-state index contributed by atoms with van der Waals surface area (Å²) >= 11 is 0. The molecule has 0 bridgehead atoms. The van der Waals surface area contributed by atoms with Gasteiger partial charge in [-0.2, -0.15) is 0 Å². The van der Waals surface area contributed by atoms with Gasteiger partial charge in [0.05, 0.1) is 0 Å². The van der Waals surface area contributed by atoms with Crippen molar-refractivity contribution in [2.24, 2.45) is 0 Å². The van der Waals surface area contributed by atoms with Gasteiger partial charge in [-0.1, -0.05) is 76.2 Å². The number of alkyl carbamates (subject to hydrolysis) is 1. The molecule has 1 aliphatic rings. The van der Waals surface area contributed by atoms with Gasteiger partial charge in [0, 0.05) is 51.1 Å². The van der Waals surface area contributed by atoms with Crippen LogP contribution in [0.5, 0.6) is 0 Å². The average Bonchev–Trinajstić information content (AvgIpc) is 3.37. The zero-order chi connectivity index (χ0) is 32.8. The first-order chi connectivity index (χ1) is 21.7. The molecule has 0 saturated heterocycles. The fourth-order valence-corrected chi connectivity index (χ4v) is 5.98. The molecule has 0 radical (unpaired) electrons. The van der Waals surface area contributed by atoms with Gasteiger partial charge in [0.25, 0.3) is 0 Å². The highest BCUT2D eigenvalue weighted by atomic mass is 16.5. The molecule has 2 amide bonds. The number of aliphatic carboxylic acids is 1. The summed E-state index contributed by atoms with van der Waals surface area (Å²) in [6.07, 6.45) is 0.0925. The molecule has 0 heterocycles. The van der Waals surface area contributed by atoms with E-state index in [0.717, 1.165) is 74.6 Å². The third-order valence-corrected chi connectivity index (χ3v) is 9.05. The first-order valence-electron chi connectivity index (χ1n) is 16.5. The number of carbonyl (C=O) groups excluding carboxylic acids is 2. The van der Waals surface area contributed by atoms with Gasteiger partial charge in [-0.05, 0) is 61.8 Å². The lowest BCUT2D eigenvalue weighted by Gasteiger charge is -2.33. The lowest BCUT2D eigenvalue weighted by atomic mass is 9.98. The van der Waals surface area contributed by atoms with Gasteiger partial charge in [-0.3, -0.25) is 9.69 Å². The highest BCUT2D eigenvalue weighted by Crippen LogP contribution is 2.44. The Morgan fingerprint density at radius 3 is 1.82 bits per heavy atom. The second kappa shape index (κ2) is 18.5.